The van der Waals surface area contributed by atoms with Gasteiger partial charge in [0.15, 0.2) is 0 Å². The highest BCUT2D eigenvalue weighted by Crippen LogP contribution is 2.41. The summed E-state index contributed by atoms with van der Waals surface area (Å²) < 4.78 is 2.96. The third-order valence-corrected chi connectivity index (χ3v) is 7.49. The summed E-state index contributed by atoms with van der Waals surface area (Å²) in [5, 5.41) is 24.2. The predicted molar refractivity (Wildman–Crippen MR) is 170 cm³/mol. The fraction of sp³-hybridized carbons (Fsp3) is 0.303. The molecule has 0 aliphatic carbocycles. The van der Waals surface area contributed by atoms with Crippen molar-refractivity contribution in [1.82, 2.24) is 14.8 Å². The van der Waals surface area contributed by atoms with E-state index in [0.29, 0.717) is 10.9 Å². The van der Waals surface area contributed by atoms with Crippen molar-refractivity contribution in [3.05, 3.63) is 83.1 Å². The van der Waals surface area contributed by atoms with Gasteiger partial charge < -0.3 is 10.2 Å². The molecule has 0 radical (unpaired) electrons. The first-order chi connectivity index (χ1) is 19.3. The van der Waals surface area contributed by atoms with Crippen LogP contribution in [-0.4, -0.2) is 36.5 Å². The Bertz CT molecular complexity index is 1660. The van der Waals surface area contributed by atoms with Crippen molar-refractivity contribution in [3.8, 4) is 32.8 Å². The van der Waals surface area contributed by atoms with Crippen LogP contribution in [0.5, 0.6) is 0 Å². The van der Waals surface area contributed by atoms with E-state index in [4.69, 9.17) is 21.7 Å². The Balaban J connectivity index is 0.000000714. The Hall–Kier alpha value is -3.52. The van der Waals surface area contributed by atoms with Gasteiger partial charge in [-0.15, -0.1) is 11.3 Å². The van der Waals surface area contributed by atoms with E-state index in [0.717, 1.165) is 60.7 Å². The van der Waals surface area contributed by atoms with Gasteiger partial charge in [0.2, 0.25) is 0 Å². The topological polar surface area (TPSA) is 88.2 Å². The Labute approximate surface area is 250 Å². The highest BCUT2D eigenvalue weighted by Gasteiger charge is 2.20. The summed E-state index contributed by atoms with van der Waals surface area (Å²) in [4.78, 5) is 16.7. The summed E-state index contributed by atoms with van der Waals surface area (Å²) in [5.41, 5.74) is 7.11. The number of hydrogen-bond donors (Lipinski definition) is 2. The summed E-state index contributed by atoms with van der Waals surface area (Å²) in [5.74, 6) is -0.334. The quantitative estimate of drug-likeness (QED) is 0.199. The number of aromatic nitrogens is 3. The van der Waals surface area contributed by atoms with Crippen LogP contribution >= 0.6 is 22.9 Å². The molecule has 5 rings (SSSR count). The van der Waals surface area contributed by atoms with Gasteiger partial charge in [0.05, 0.1) is 28.4 Å². The van der Waals surface area contributed by atoms with Crippen molar-refractivity contribution in [2.45, 2.75) is 60.1 Å². The van der Waals surface area contributed by atoms with Crippen LogP contribution < -0.4 is 0 Å². The van der Waals surface area contributed by atoms with Crippen molar-refractivity contribution in [2.24, 2.45) is 5.92 Å². The molecular weight excluding hydrogens is 554 g/mol. The van der Waals surface area contributed by atoms with Crippen molar-refractivity contribution >= 4 is 39.1 Å². The molecule has 0 bridgehead atoms. The molecule has 5 aromatic rings. The van der Waals surface area contributed by atoms with Gasteiger partial charge in [-0.1, -0.05) is 55.8 Å². The zero-order chi connectivity index (χ0) is 29.9. The fourth-order valence-corrected chi connectivity index (χ4v) is 5.74. The number of carbonyl (C=O) groups is 1. The zero-order valence-corrected chi connectivity index (χ0v) is 25.8. The molecule has 0 atom stereocenters. The van der Waals surface area contributed by atoms with E-state index in [1.165, 1.54) is 0 Å². The van der Waals surface area contributed by atoms with E-state index >= 15 is 0 Å². The van der Waals surface area contributed by atoms with Crippen molar-refractivity contribution < 1.29 is 15.0 Å². The van der Waals surface area contributed by atoms with E-state index in [1.807, 2.05) is 54.2 Å². The average Bonchev–Trinajstić information content (AvgIpc) is 3.51. The molecule has 3 aromatic carbocycles. The third-order valence-electron chi connectivity index (χ3n) is 6.10. The first-order valence-corrected chi connectivity index (χ1v) is 14.7. The molecule has 0 saturated heterocycles. The van der Waals surface area contributed by atoms with Crippen LogP contribution in [0.4, 0.5) is 0 Å². The molecule has 0 aliphatic rings. The van der Waals surface area contributed by atoms with Crippen LogP contribution in [0.1, 0.15) is 45.7 Å². The summed E-state index contributed by atoms with van der Waals surface area (Å²) in [7, 11) is 0. The molecule has 0 unspecified atom stereocenters. The number of thiazole rings is 1. The van der Waals surface area contributed by atoms with Gasteiger partial charge in [-0.25, -0.2) is 4.98 Å². The van der Waals surface area contributed by atoms with Crippen molar-refractivity contribution in [1.29, 1.82) is 0 Å². The van der Waals surface area contributed by atoms with Crippen LogP contribution in [-0.2, 0) is 17.8 Å². The lowest BCUT2D eigenvalue weighted by Gasteiger charge is -2.13. The minimum Gasteiger partial charge on any atom is -0.481 e. The van der Waals surface area contributed by atoms with Crippen LogP contribution in [0.3, 0.4) is 0 Å². The van der Waals surface area contributed by atoms with Gasteiger partial charge in [-0.2, -0.15) is 5.10 Å². The lowest BCUT2D eigenvalue weighted by Crippen LogP contribution is -2.10. The van der Waals surface area contributed by atoms with Crippen LogP contribution in [0.25, 0.3) is 43.0 Å². The second-order valence-corrected chi connectivity index (χ2v) is 13.0. The monoisotopic (exact) mass is 589 g/mol. The number of carboxylic acids is 1. The molecule has 0 fully saturated rings. The smallest absolute Gasteiger partial charge is 0.307 e. The zero-order valence-electron chi connectivity index (χ0n) is 24.3. The van der Waals surface area contributed by atoms with Gasteiger partial charge in [0, 0.05) is 34.5 Å². The molecule has 214 valence electrons. The first kappa shape index (κ1) is 30.4. The molecule has 41 heavy (non-hydrogen) atoms. The SMILES string of the molecule is CC(C)(C)O.Cc1cc2nc(-c3cccc(-c4cnn(CC(C)C)c4)c3)sc2c(-c2ccc(Cl)cc2)c1CC(=O)O. The Morgan fingerprint density at radius 3 is 2.32 bits per heavy atom. The first-order valence-electron chi connectivity index (χ1n) is 13.5. The molecule has 2 aromatic heterocycles. The van der Waals surface area contributed by atoms with E-state index in [1.54, 1.807) is 32.1 Å². The molecular formula is C33H36ClN3O3S. The molecule has 0 aliphatic heterocycles. The number of hydrogen-bond acceptors (Lipinski definition) is 5. The lowest BCUT2D eigenvalue weighted by atomic mass is 9.93. The fourth-order valence-electron chi connectivity index (χ4n) is 4.48. The predicted octanol–water partition coefficient (Wildman–Crippen LogP) is 8.52. The number of fused-ring (bicyclic) bond motifs is 1. The normalized spacial score (nSPS) is 11.5. The highest BCUT2D eigenvalue weighted by atomic mass is 35.5. The summed E-state index contributed by atoms with van der Waals surface area (Å²) in [6, 6.07) is 17.9. The number of halogens is 1. The van der Waals surface area contributed by atoms with E-state index < -0.39 is 11.6 Å². The Kier molecular flexibility index (Phi) is 9.32. The van der Waals surface area contributed by atoms with Crippen LogP contribution in [0, 0.1) is 12.8 Å². The number of rotatable bonds is 7. The second kappa shape index (κ2) is 12.6. The van der Waals surface area contributed by atoms with Gasteiger partial charge >= 0.3 is 5.97 Å². The maximum Gasteiger partial charge on any atom is 0.307 e. The summed E-state index contributed by atoms with van der Waals surface area (Å²) in [6.07, 6.45) is 3.93. The van der Waals surface area contributed by atoms with E-state index in [9.17, 15) is 9.90 Å². The number of aryl methyl sites for hydroxylation is 1. The number of aliphatic carboxylic acids is 1. The summed E-state index contributed by atoms with van der Waals surface area (Å²) >= 11 is 7.72. The second-order valence-electron chi connectivity index (χ2n) is 11.6. The third kappa shape index (κ3) is 8.03. The Morgan fingerprint density at radius 2 is 1.68 bits per heavy atom. The standard InChI is InChI=1S/C29H26ClN3O2S.C4H10O/c1-17(2)15-33-16-22(14-31-33)20-5-4-6-21(12-20)29-32-25-11-18(3)24(13-26(34)35)27(28(25)36-29)19-7-9-23(30)10-8-19;1-4(2,3)5/h4-12,14,16-17H,13,15H2,1-3H3,(H,34,35);5H,1-3H3. The largest absolute Gasteiger partial charge is 0.481 e. The number of benzene rings is 3. The maximum atomic E-state index is 11.7. The van der Waals surface area contributed by atoms with Crippen LogP contribution in [0.2, 0.25) is 5.02 Å². The molecule has 2 N–H and O–H groups in total. The molecule has 0 spiro atoms. The number of aliphatic hydroxyl groups is 1. The molecule has 0 saturated carbocycles. The minimum atomic E-state index is -0.858. The minimum absolute atomic E-state index is 0.0528. The molecule has 2 heterocycles. The number of nitrogens with zero attached hydrogens (tertiary/aromatic N) is 3. The van der Waals surface area contributed by atoms with Gasteiger partial charge in [-0.3, -0.25) is 9.48 Å². The van der Waals surface area contributed by atoms with E-state index in [-0.39, 0.29) is 6.42 Å². The number of carboxylic acid groups (broad SMARTS) is 1. The van der Waals surface area contributed by atoms with Crippen molar-refractivity contribution in [2.75, 3.05) is 0 Å². The van der Waals surface area contributed by atoms with Gasteiger partial charge in [0.1, 0.15) is 5.01 Å². The van der Waals surface area contributed by atoms with Crippen molar-refractivity contribution in [3.63, 3.8) is 0 Å². The average molecular weight is 590 g/mol. The van der Waals surface area contributed by atoms with Gasteiger partial charge in [0.25, 0.3) is 0 Å². The maximum absolute atomic E-state index is 11.7. The van der Waals surface area contributed by atoms with E-state index in [2.05, 4.69) is 43.3 Å². The van der Waals surface area contributed by atoms with Gasteiger partial charge in [-0.05, 0) is 80.1 Å². The molecule has 8 heteroatoms. The highest BCUT2D eigenvalue weighted by molar-refractivity contribution is 7.22. The molecule has 0 amide bonds. The molecule has 6 nitrogen and oxygen atoms in total. The lowest BCUT2D eigenvalue weighted by molar-refractivity contribution is -0.136. The van der Waals surface area contributed by atoms with Crippen LogP contribution in [0.15, 0.2) is 67.0 Å². The summed E-state index contributed by atoms with van der Waals surface area (Å²) in [6.45, 7) is 12.4. The Morgan fingerprint density at radius 1 is 1.02 bits per heavy atom.